The SMILES string of the molecule is Fc1ccc(NC(=S)Nc2cc(C(F)(F)F)ccc2N2CCCCC2)cc1Cl. The highest BCUT2D eigenvalue weighted by Gasteiger charge is 2.31. The molecule has 2 aromatic rings. The molecule has 2 N–H and O–H groups in total. The van der Waals surface area contributed by atoms with Crippen LogP contribution in [0.1, 0.15) is 24.8 Å². The molecule has 0 spiro atoms. The highest BCUT2D eigenvalue weighted by Crippen LogP contribution is 2.36. The molecule has 1 aliphatic rings. The van der Waals surface area contributed by atoms with Gasteiger partial charge in [-0.3, -0.25) is 0 Å². The fourth-order valence-electron chi connectivity index (χ4n) is 3.08. The van der Waals surface area contributed by atoms with Crippen LogP contribution in [0.5, 0.6) is 0 Å². The Morgan fingerprint density at radius 2 is 1.71 bits per heavy atom. The molecule has 0 saturated carbocycles. The molecule has 1 heterocycles. The van der Waals surface area contributed by atoms with Crippen molar-refractivity contribution in [3.8, 4) is 0 Å². The number of alkyl halides is 3. The molecule has 150 valence electrons. The first kappa shape index (κ1) is 20.7. The van der Waals surface area contributed by atoms with Crippen LogP contribution in [-0.4, -0.2) is 18.2 Å². The van der Waals surface area contributed by atoms with Crippen LogP contribution < -0.4 is 15.5 Å². The Kier molecular flexibility index (Phi) is 6.30. The number of hydrogen-bond donors (Lipinski definition) is 2. The average Bonchev–Trinajstić information content (AvgIpc) is 2.64. The number of benzene rings is 2. The zero-order valence-electron chi connectivity index (χ0n) is 14.7. The highest BCUT2D eigenvalue weighted by atomic mass is 35.5. The van der Waals surface area contributed by atoms with Gasteiger partial charge in [-0.05, 0) is 67.9 Å². The molecule has 2 aromatic carbocycles. The van der Waals surface area contributed by atoms with E-state index in [2.05, 4.69) is 10.6 Å². The van der Waals surface area contributed by atoms with Crippen molar-refractivity contribution < 1.29 is 17.6 Å². The van der Waals surface area contributed by atoms with Crippen LogP contribution in [-0.2, 0) is 6.18 Å². The first-order chi connectivity index (χ1) is 13.2. The Morgan fingerprint density at radius 1 is 1.00 bits per heavy atom. The monoisotopic (exact) mass is 431 g/mol. The second-order valence-corrected chi connectivity index (χ2v) is 7.30. The number of anilines is 3. The lowest BCUT2D eigenvalue weighted by Crippen LogP contribution is -2.31. The third kappa shape index (κ3) is 5.05. The van der Waals surface area contributed by atoms with E-state index in [9.17, 15) is 17.6 Å². The van der Waals surface area contributed by atoms with Crippen molar-refractivity contribution in [3.05, 3.63) is 52.8 Å². The molecule has 3 rings (SSSR count). The summed E-state index contributed by atoms with van der Waals surface area (Å²) in [4.78, 5) is 2.05. The average molecular weight is 432 g/mol. The third-order valence-corrected chi connectivity index (χ3v) is 4.94. The maximum atomic E-state index is 13.3. The third-order valence-electron chi connectivity index (χ3n) is 4.45. The predicted octanol–water partition coefficient (Wildman–Crippen LogP) is 6.30. The molecule has 1 saturated heterocycles. The molecule has 0 bridgehead atoms. The minimum Gasteiger partial charge on any atom is -0.370 e. The number of thiocarbonyl (C=S) groups is 1. The maximum Gasteiger partial charge on any atom is 0.416 e. The second-order valence-electron chi connectivity index (χ2n) is 6.49. The minimum absolute atomic E-state index is 0.0825. The van der Waals surface area contributed by atoms with E-state index in [1.165, 1.54) is 24.3 Å². The van der Waals surface area contributed by atoms with Crippen molar-refractivity contribution in [1.82, 2.24) is 0 Å². The van der Waals surface area contributed by atoms with Gasteiger partial charge in [-0.25, -0.2) is 4.39 Å². The molecule has 28 heavy (non-hydrogen) atoms. The minimum atomic E-state index is -4.46. The van der Waals surface area contributed by atoms with E-state index >= 15 is 0 Å². The Morgan fingerprint density at radius 3 is 2.36 bits per heavy atom. The van der Waals surface area contributed by atoms with Crippen LogP contribution in [0.2, 0.25) is 5.02 Å². The van der Waals surface area contributed by atoms with Crippen LogP contribution in [0, 0.1) is 5.82 Å². The summed E-state index contributed by atoms with van der Waals surface area (Å²) in [6, 6.07) is 7.56. The van der Waals surface area contributed by atoms with E-state index in [1.807, 2.05) is 4.90 Å². The topological polar surface area (TPSA) is 27.3 Å². The van der Waals surface area contributed by atoms with Gasteiger partial charge in [0.05, 0.1) is 22.0 Å². The number of nitrogens with one attached hydrogen (secondary N) is 2. The quantitative estimate of drug-likeness (QED) is 0.440. The first-order valence-corrected chi connectivity index (χ1v) is 9.52. The maximum absolute atomic E-state index is 13.3. The van der Waals surface area contributed by atoms with Crippen LogP contribution in [0.3, 0.4) is 0 Å². The van der Waals surface area contributed by atoms with Crippen molar-refractivity contribution in [2.45, 2.75) is 25.4 Å². The van der Waals surface area contributed by atoms with Gasteiger partial charge >= 0.3 is 6.18 Å². The Labute approximate surface area is 170 Å². The molecule has 0 atom stereocenters. The van der Waals surface area contributed by atoms with E-state index in [0.717, 1.165) is 44.5 Å². The second kappa shape index (κ2) is 8.53. The highest BCUT2D eigenvalue weighted by molar-refractivity contribution is 7.80. The Bertz CT molecular complexity index is 867. The fourth-order valence-corrected chi connectivity index (χ4v) is 3.49. The summed E-state index contributed by atoms with van der Waals surface area (Å²) in [7, 11) is 0. The van der Waals surface area contributed by atoms with Crippen molar-refractivity contribution >= 4 is 46.0 Å². The summed E-state index contributed by atoms with van der Waals surface area (Å²) in [5, 5.41) is 5.66. The van der Waals surface area contributed by atoms with E-state index in [4.69, 9.17) is 23.8 Å². The molecule has 0 aliphatic carbocycles. The number of nitrogens with zero attached hydrogens (tertiary/aromatic N) is 1. The molecule has 0 aromatic heterocycles. The number of piperidine rings is 1. The van der Waals surface area contributed by atoms with Crippen molar-refractivity contribution in [2.24, 2.45) is 0 Å². The molecule has 1 aliphatic heterocycles. The van der Waals surface area contributed by atoms with Gasteiger partial charge in [-0.1, -0.05) is 11.6 Å². The number of halogens is 5. The Balaban J connectivity index is 1.84. The summed E-state index contributed by atoms with van der Waals surface area (Å²) < 4.78 is 52.8. The molecular formula is C19H18ClF4N3S. The summed E-state index contributed by atoms with van der Waals surface area (Å²) in [6.45, 7) is 1.54. The van der Waals surface area contributed by atoms with Crippen molar-refractivity contribution in [3.63, 3.8) is 0 Å². The Hall–Kier alpha value is -2.06. The van der Waals surface area contributed by atoms with E-state index in [-0.39, 0.29) is 15.8 Å². The smallest absolute Gasteiger partial charge is 0.370 e. The lowest BCUT2D eigenvalue weighted by Gasteiger charge is -2.31. The molecule has 1 fully saturated rings. The molecule has 3 nitrogen and oxygen atoms in total. The summed E-state index contributed by atoms with van der Waals surface area (Å²) in [6.07, 6.45) is -1.39. The molecule has 0 unspecified atom stereocenters. The van der Waals surface area contributed by atoms with E-state index in [0.29, 0.717) is 11.4 Å². The standard InChI is InChI=1S/C19H18ClF4N3S/c20-14-11-13(5-6-15(14)21)25-18(28)26-16-10-12(19(22,23)24)4-7-17(16)27-8-2-1-3-9-27/h4-7,10-11H,1-3,8-9H2,(H2,25,26,28). The van der Waals surface area contributed by atoms with Gasteiger partial charge in [0.1, 0.15) is 5.82 Å². The van der Waals surface area contributed by atoms with Gasteiger partial charge in [0.25, 0.3) is 0 Å². The lowest BCUT2D eigenvalue weighted by atomic mass is 10.1. The first-order valence-electron chi connectivity index (χ1n) is 8.73. The van der Waals surface area contributed by atoms with Crippen molar-refractivity contribution in [2.75, 3.05) is 28.6 Å². The molecule has 0 radical (unpaired) electrons. The van der Waals surface area contributed by atoms with Crippen LogP contribution in [0.4, 0.5) is 34.6 Å². The summed E-state index contributed by atoms with van der Waals surface area (Å²) in [5.74, 6) is -0.573. The molecular weight excluding hydrogens is 414 g/mol. The lowest BCUT2D eigenvalue weighted by molar-refractivity contribution is -0.137. The zero-order chi connectivity index (χ0) is 20.3. The van der Waals surface area contributed by atoms with Crippen LogP contribution in [0.25, 0.3) is 0 Å². The fraction of sp³-hybridized carbons (Fsp3) is 0.316. The molecule has 9 heteroatoms. The summed E-state index contributed by atoms with van der Waals surface area (Å²) in [5.41, 5.74) is 0.593. The largest absolute Gasteiger partial charge is 0.416 e. The van der Waals surface area contributed by atoms with Gasteiger partial charge in [-0.2, -0.15) is 13.2 Å². The van der Waals surface area contributed by atoms with Crippen LogP contribution >= 0.6 is 23.8 Å². The molecule has 0 amide bonds. The van der Waals surface area contributed by atoms with Gasteiger partial charge in [-0.15, -0.1) is 0 Å². The van der Waals surface area contributed by atoms with Gasteiger partial charge in [0.2, 0.25) is 0 Å². The normalized spacial score (nSPS) is 14.7. The van der Waals surface area contributed by atoms with Gasteiger partial charge in [0, 0.05) is 18.8 Å². The zero-order valence-corrected chi connectivity index (χ0v) is 16.3. The van der Waals surface area contributed by atoms with Gasteiger partial charge in [0.15, 0.2) is 5.11 Å². The number of rotatable bonds is 3. The van der Waals surface area contributed by atoms with E-state index < -0.39 is 17.6 Å². The van der Waals surface area contributed by atoms with Crippen LogP contribution in [0.15, 0.2) is 36.4 Å². The van der Waals surface area contributed by atoms with Gasteiger partial charge < -0.3 is 15.5 Å². The van der Waals surface area contributed by atoms with Crippen molar-refractivity contribution in [1.29, 1.82) is 0 Å². The predicted molar refractivity (Wildman–Crippen MR) is 109 cm³/mol. The van der Waals surface area contributed by atoms with E-state index in [1.54, 1.807) is 0 Å². The summed E-state index contributed by atoms with van der Waals surface area (Å²) >= 11 is 11.0. The number of hydrogen-bond acceptors (Lipinski definition) is 2.